The second-order valence-corrected chi connectivity index (χ2v) is 6.84. The molecule has 2 heterocycles. The fraction of sp³-hybridized carbons (Fsp3) is 0.357. The van der Waals surface area contributed by atoms with Crippen molar-refractivity contribution in [3.05, 3.63) is 33.9 Å². The Hall–Kier alpha value is -1.47. The van der Waals surface area contributed by atoms with Crippen LogP contribution in [0.3, 0.4) is 0 Å². The predicted octanol–water partition coefficient (Wildman–Crippen LogP) is 3.83. The molecule has 0 aliphatic heterocycles. The minimum absolute atomic E-state index is 0.0630. The maximum absolute atomic E-state index is 12.5. The zero-order chi connectivity index (χ0) is 15.2. The quantitative estimate of drug-likeness (QED) is 0.839. The Morgan fingerprint density at radius 2 is 2.33 bits per heavy atom. The molecule has 112 valence electrons. The highest BCUT2D eigenvalue weighted by Crippen LogP contribution is 2.28. The summed E-state index contributed by atoms with van der Waals surface area (Å²) >= 11 is 4.72. The van der Waals surface area contributed by atoms with Crippen LogP contribution in [0.5, 0.6) is 5.88 Å². The number of ether oxygens (including phenoxy) is 1. The molecule has 2 aromatic rings. The summed E-state index contributed by atoms with van der Waals surface area (Å²) in [5, 5.41) is 3.45. The topological polar surface area (TPSA) is 64.1 Å². The van der Waals surface area contributed by atoms with Gasteiger partial charge >= 0.3 is 0 Å². The summed E-state index contributed by atoms with van der Waals surface area (Å²) in [5.74, 6) is 0.208. The minimum Gasteiger partial charge on any atom is -0.481 e. The van der Waals surface area contributed by atoms with Gasteiger partial charge in [-0.15, -0.1) is 0 Å². The Morgan fingerprint density at radius 3 is 2.95 bits per heavy atom. The highest BCUT2D eigenvalue weighted by atomic mass is 79.9. The number of hydrogen-bond donors (Lipinski definition) is 1. The lowest BCUT2D eigenvalue weighted by Gasteiger charge is -2.16. The first-order valence-electron chi connectivity index (χ1n) is 6.56. The van der Waals surface area contributed by atoms with Crippen LogP contribution < -0.4 is 10.1 Å². The third kappa shape index (κ3) is 4.25. The Kier molecular flexibility index (Phi) is 5.69. The summed E-state index contributed by atoms with van der Waals surface area (Å²) in [5.41, 5.74) is 0.900. The highest BCUT2D eigenvalue weighted by molar-refractivity contribution is 9.11. The van der Waals surface area contributed by atoms with Crippen molar-refractivity contribution in [1.82, 2.24) is 9.97 Å². The number of hydrogen-bond acceptors (Lipinski definition) is 5. The molecular formula is C14H16BrN3O2S. The third-order valence-corrected chi connectivity index (χ3v) is 4.36. The van der Waals surface area contributed by atoms with Crippen molar-refractivity contribution in [3.63, 3.8) is 0 Å². The largest absolute Gasteiger partial charge is 0.481 e. The Balaban J connectivity index is 2.18. The number of carbonyl (C=O) groups is 1. The van der Waals surface area contributed by atoms with E-state index in [1.54, 1.807) is 25.6 Å². The molecule has 2 rings (SSSR count). The van der Waals surface area contributed by atoms with Crippen LogP contribution in [-0.2, 0) is 4.79 Å². The van der Waals surface area contributed by atoms with Gasteiger partial charge in [-0.25, -0.2) is 9.97 Å². The standard InChI is InChI=1S/C14H16BrN3O2S/c1-3-4-10(9-5-6-16-12(7-9)20-2)13(19)18-14-17-8-11(15)21-14/h5-8,10H,3-4H2,1-2H3,(H,17,18,19). The third-order valence-electron chi connectivity index (χ3n) is 2.97. The van der Waals surface area contributed by atoms with Crippen LogP contribution in [0, 0.1) is 0 Å². The van der Waals surface area contributed by atoms with Gasteiger partial charge in [-0.3, -0.25) is 4.79 Å². The highest BCUT2D eigenvalue weighted by Gasteiger charge is 2.21. The van der Waals surface area contributed by atoms with Crippen molar-refractivity contribution in [2.45, 2.75) is 25.7 Å². The zero-order valence-corrected chi connectivity index (χ0v) is 14.2. The van der Waals surface area contributed by atoms with Gasteiger partial charge in [0.25, 0.3) is 0 Å². The van der Waals surface area contributed by atoms with Crippen LogP contribution in [-0.4, -0.2) is 23.0 Å². The van der Waals surface area contributed by atoms with Crippen LogP contribution in [0.25, 0.3) is 0 Å². The molecular weight excluding hydrogens is 354 g/mol. The van der Waals surface area contributed by atoms with E-state index in [1.165, 1.54) is 11.3 Å². The van der Waals surface area contributed by atoms with Crippen molar-refractivity contribution >= 4 is 38.3 Å². The van der Waals surface area contributed by atoms with Crippen molar-refractivity contribution in [2.24, 2.45) is 0 Å². The molecule has 0 spiro atoms. The molecule has 1 unspecified atom stereocenters. The first-order valence-corrected chi connectivity index (χ1v) is 8.17. The van der Waals surface area contributed by atoms with Gasteiger partial charge in [0.05, 0.1) is 23.0 Å². The van der Waals surface area contributed by atoms with Crippen molar-refractivity contribution in [3.8, 4) is 5.88 Å². The maximum Gasteiger partial charge on any atom is 0.233 e. The lowest BCUT2D eigenvalue weighted by molar-refractivity contribution is -0.117. The van der Waals surface area contributed by atoms with Crippen LogP contribution in [0.4, 0.5) is 5.13 Å². The monoisotopic (exact) mass is 369 g/mol. The van der Waals surface area contributed by atoms with Crippen molar-refractivity contribution in [2.75, 3.05) is 12.4 Å². The Morgan fingerprint density at radius 1 is 1.52 bits per heavy atom. The molecule has 0 radical (unpaired) electrons. The number of nitrogens with zero attached hydrogens (tertiary/aromatic N) is 2. The molecule has 21 heavy (non-hydrogen) atoms. The van der Waals surface area contributed by atoms with E-state index in [0.29, 0.717) is 11.0 Å². The van der Waals surface area contributed by atoms with Gasteiger partial charge in [0.15, 0.2) is 5.13 Å². The first kappa shape index (κ1) is 15.9. The molecule has 0 aliphatic rings. The van der Waals surface area contributed by atoms with Crippen molar-refractivity contribution in [1.29, 1.82) is 0 Å². The molecule has 1 amide bonds. The average Bonchev–Trinajstić information content (AvgIpc) is 2.89. The van der Waals surface area contributed by atoms with Gasteiger partial charge < -0.3 is 10.1 Å². The Bertz CT molecular complexity index is 618. The van der Waals surface area contributed by atoms with Crippen LogP contribution >= 0.6 is 27.3 Å². The van der Waals surface area contributed by atoms with E-state index in [1.807, 2.05) is 6.07 Å². The summed E-state index contributed by atoms with van der Waals surface area (Å²) in [7, 11) is 1.56. The molecule has 7 heteroatoms. The average molecular weight is 370 g/mol. The molecule has 0 aromatic carbocycles. The predicted molar refractivity (Wildman–Crippen MR) is 86.9 cm³/mol. The fourth-order valence-corrected chi connectivity index (χ4v) is 3.11. The number of halogens is 1. The normalized spacial score (nSPS) is 12.0. The van der Waals surface area contributed by atoms with E-state index in [4.69, 9.17) is 4.74 Å². The summed E-state index contributed by atoms with van der Waals surface area (Å²) in [4.78, 5) is 20.7. The van der Waals surface area contributed by atoms with Gasteiger partial charge in [0.2, 0.25) is 11.8 Å². The summed E-state index contributed by atoms with van der Waals surface area (Å²) < 4.78 is 6.01. The van der Waals surface area contributed by atoms with E-state index in [-0.39, 0.29) is 11.8 Å². The SMILES string of the molecule is CCCC(C(=O)Nc1ncc(Br)s1)c1ccnc(OC)c1. The number of aromatic nitrogens is 2. The molecule has 0 saturated carbocycles. The number of pyridine rings is 1. The molecule has 0 aliphatic carbocycles. The summed E-state index contributed by atoms with van der Waals surface area (Å²) in [6.45, 7) is 2.05. The van der Waals surface area contributed by atoms with E-state index in [2.05, 4.69) is 38.1 Å². The van der Waals surface area contributed by atoms with E-state index < -0.39 is 0 Å². The van der Waals surface area contributed by atoms with E-state index in [9.17, 15) is 4.79 Å². The van der Waals surface area contributed by atoms with Crippen LogP contribution in [0.15, 0.2) is 28.3 Å². The molecule has 0 bridgehead atoms. The van der Waals surface area contributed by atoms with Crippen LogP contribution in [0.1, 0.15) is 31.2 Å². The smallest absolute Gasteiger partial charge is 0.233 e. The second-order valence-electron chi connectivity index (χ2n) is 4.43. The van der Waals surface area contributed by atoms with Crippen molar-refractivity contribution < 1.29 is 9.53 Å². The molecule has 2 aromatic heterocycles. The Labute approximate surface area is 135 Å². The first-order chi connectivity index (χ1) is 10.1. The van der Waals surface area contributed by atoms with Gasteiger partial charge in [0, 0.05) is 12.3 Å². The van der Waals surface area contributed by atoms with Gasteiger partial charge in [-0.05, 0) is 34.0 Å². The lowest BCUT2D eigenvalue weighted by atomic mass is 9.94. The molecule has 1 N–H and O–H groups in total. The second kappa shape index (κ2) is 7.51. The van der Waals surface area contributed by atoms with Gasteiger partial charge in [-0.1, -0.05) is 24.7 Å². The fourth-order valence-electron chi connectivity index (χ4n) is 2.00. The number of methoxy groups -OCH3 is 1. The number of thiazole rings is 1. The molecule has 5 nitrogen and oxygen atoms in total. The number of anilines is 1. The molecule has 0 saturated heterocycles. The number of nitrogens with one attached hydrogen (secondary N) is 1. The number of rotatable bonds is 6. The molecule has 0 fully saturated rings. The molecule has 1 atom stereocenters. The minimum atomic E-state index is -0.241. The van der Waals surface area contributed by atoms with Crippen LogP contribution in [0.2, 0.25) is 0 Å². The van der Waals surface area contributed by atoms with Gasteiger partial charge in [0.1, 0.15) is 0 Å². The lowest BCUT2D eigenvalue weighted by Crippen LogP contribution is -2.21. The number of amides is 1. The zero-order valence-electron chi connectivity index (χ0n) is 11.8. The van der Waals surface area contributed by atoms with E-state index >= 15 is 0 Å². The van der Waals surface area contributed by atoms with E-state index in [0.717, 1.165) is 22.2 Å². The summed E-state index contributed by atoms with van der Waals surface area (Å²) in [6, 6.07) is 3.65. The number of carbonyl (C=O) groups excluding carboxylic acids is 1. The summed E-state index contributed by atoms with van der Waals surface area (Å²) in [6.07, 6.45) is 4.99. The maximum atomic E-state index is 12.5. The van der Waals surface area contributed by atoms with Gasteiger partial charge in [-0.2, -0.15) is 0 Å².